The van der Waals surface area contributed by atoms with Gasteiger partial charge in [-0.05, 0) is 134 Å². The van der Waals surface area contributed by atoms with Crippen molar-refractivity contribution < 1.29 is 50.0 Å². The normalized spacial score (nSPS) is 12.9. The van der Waals surface area contributed by atoms with Crippen molar-refractivity contribution in [3.05, 3.63) is 170 Å². The van der Waals surface area contributed by atoms with Crippen LogP contribution in [0.1, 0.15) is 213 Å². The molecule has 0 unspecified atom stereocenters. The second kappa shape index (κ2) is 68.0. The topological polar surface area (TPSA) is 171 Å². The van der Waals surface area contributed by atoms with Crippen molar-refractivity contribution >= 4 is 17.9 Å². The Kier molecular flexibility index (Phi) is 66.5. The van der Waals surface area contributed by atoms with E-state index < -0.39 is 17.9 Å². The summed E-state index contributed by atoms with van der Waals surface area (Å²) < 4.78 is 0. The van der Waals surface area contributed by atoms with Gasteiger partial charge in [0.15, 0.2) is 0 Å². The van der Waals surface area contributed by atoms with Gasteiger partial charge in [0.1, 0.15) is 11.9 Å². The summed E-state index contributed by atoms with van der Waals surface area (Å²) in [4.78, 5) is 39.8. The average Bonchev–Trinajstić information content (AvgIpc) is 3.41. The molecule has 10 nitrogen and oxygen atoms in total. The van der Waals surface area contributed by atoms with Gasteiger partial charge in [-0.25, -0.2) is 10.1 Å². The molecule has 10 heteroatoms. The molecule has 0 radical (unpaired) electrons. The van der Waals surface area contributed by atoms with Crippen molar-refractivity contribution in [1.29, 1.82) is 0 Å². The predicted molar refractivity (Wildman–Crippen MR) is 324 cm³/mol. The molecule has 0 spiro atoms. The first-order valence-corrected chi connectivity index (χ1v) is 28.6. The molecule has 0 aliphatic carbocycles. The zero-order chi connectivity index (χ0) is 57.0. The zero-order valence-corrected chi connectivity index (χ0v) is 47.7. The molecule has 0 aliphatic rings. The van der Waals surface area contributed by atoms with Crippen LogP contribution < -0.4 is 0 Å². The van der Waals surface area contributed by atoms with E-state index in [0.717, 1.165) is 116 Å². The first-order valence-electron chi connectivity index (χ1n) is 28.6. The number of carboxylic acids is 3. The molecule has 0 bridgehead atoms. The Morgan fingerprint density at radius 2 is 0.844 bits per heavy atom. The third kappa shape index (κ3) is 74.3. The van der Waals surface area contributed by atoms with E-state index in [1.54, 1.807) is 0 Å². The van der Waals surface area contributed by atoms with Crippen molar-refractivity contribution in [3.8, 4) is 11.8 Å². The monoisotopic (exact) mass is 1070 g/mol. The molecule has 0 saturated carbocycles. The molecule has 0 amide bonds. The Morgan fingerprint density at radius 1 is 0.416 bits per heavy atom. The summed E-state index contributed by atoms with van der Waals surface area (Å²) in [5.74, 6) is 4.46. The molecule has 430 valence electrons. The summed E-state index contributed by atoms with van der Waals surface area (Å²) in [7, 11) is 0. The van der Waals surface area contributed by atoms with Gasteiger partial charge in [0.2, 0.25) is 0 Å². The van der Waals surface area contributed by atoms with Crippen LogP contribution in [0.25, 0.3) is 0 Å². The number of unbranched alkanes of at least 4 members (excludes halogenated alkanes) is 10. The van der Waals surface area contributed by atoms with Crippen LogP contribution in [0.3, 0.4) is 0 Å². The van der Waals surface area contributed by atoms with Crippen LogP contribution in [0, 0.1) is 11.8 Å². The lowest BCUT2D eigenvalue weighted by Gasteiger charge is -2.03. The number of carboxylic acid groups (broad SMARTS) is 3. The Balaban J connectivity index is -0.00000107. The average molecular weight is 1070 g/mol. The summed E-state index contributed by atoms with van der Waals surface area (Å²) in [5.41, 5.74) is 0. The van der Waals surface area contributed by atoms with Gasteiger partial charge in [0.25, 0.3) is 0 Å². The lowest BCUT2D eigenvalue weighted by molar-refractivity contribution is -0.264. The van der Waals surface area contributed by atoms with Gasteiger partial charge in [-0.1, -0.05) is 210 Å². The molecule has 0 aromatic carbocycles. The van der Waals surface area contributed by atoms with E-state index in [1.807, 2.05) is 60.8 Å². The number of aliphatic carboxylic acids is 3. The molecular weight excluding hydrogens is 965 g/mol. The van der Waals surface area contributed by atoms with Crippen molar-refractivity contribution in [3.63, 3.8) is 0 Å². The fourth-order valence-electron chi connectivity index (χ4n) is 6.50. The van der Waals surface area contributed by atoms with E-state index in [1.165, 1.54) is 25.7 Å². The zero-order valence-electron chi connectivity index (χ0n) is 47.7. The van der Waals surface area contributed by atoms with Crippen LogP contribution >= 0.6 is 0 Å². The Bertz CT molecular complexity index is 1870. The van der Waals surface area contributed by atoms with Gasteiger partial charge >= 0.3 is 17.9 Å². The minimum Gasteiger partial charge on any atom is -0.481 e. The molecule has 77 heavy (non-hydrogen) atoms. The molecule has 0 rings (SSSR count). The first-order chi connectivity index (χ1) is 37.7. The summed E-state index contributed by atoms with van der Waals surface area (Å²) >= 11 is 0. The van der Waals surface area contributed by atoms with E-state index in [0.29, 0.717) is 44.3 Å². The molecule has 0 aromatic heterocycles. The largest absolute Gasteiger partial charge is 0.481 e. The standard InChI is InChI=1S/C23H32O2.C22H38O4.C22H32O4/c1-2-3-4-5-6-7-8-9-10-11-12-13-14-15-16-17-18-19-20-21-22-23(24)25;2*1-2-3-15-18-21(26-25)19-16-13-11-9-7-5-4-6-8-10-12-14-17-20-22(23)24/h3-4,6-7,9-10,12-13,15-16H,2,5,8,11,14,17,20-22H2,1H3,(H,24,25);3,6,8,15,19,25H,2,4-5,7,9-14,16-18,20H2,1H3,(H,23,24);3,5-8,11-16,19,21,25H,2,4,9-10,17-18,20H2,1H3,(H,23,24)/b4-3-,7-6-,10-9-,13-12-,16-15-;8-6-,15-3-,21-19+;7-5-,8-6-,13-11-,14-12-,15-3-,19-16+/t;;21-/m..1/s1. The molecule has 0 heterocycles. The van der Waals surface area contributed by atoms with Crippen LogP contribution in [0.15, 0.2) is 170 Å². The third-order valence-corrected chi connectivity index (χ3v) is 10.7. The summed E-state index contributed by atoms with van der Waals surface area (Å²) in [6, 6.07) is 0. The minimum absolute atomic E-state index is 0.190. The van der Waals surface area contributed by atoms with Gasteiger partial charge in [-0.3, -0.25) is 19.6 Å². The van der Waals surface area contributed by atoms with Gasteiger partial charge < -0.3 is 20.2 Å². The van der Waals surface area contributed by atoms with Gasteiger partial charge in [-0.15, -0.1) is 5.92 Å². The highest BCUT2D eigenvalue weighted by Crippen LogP contribution is 2.12. The van der Waals surface area contributed by atoms with Crippen LogP contribution in [-0.2, 0) is 24.2 Å². The number of rotatable bonds is 46. The molecule has 0 fully saturated rings. The number of allylic oxidation sites excluding steroid dienone is 25. The maximum Gasteiger partial charge on any atom is 0.303 e. The number of hydrogen-bond donors (Lipinski definition) is 5. The number of hydrogen-bond acceptors (Lipinski definition) is 7. The highest BCUT2D eigenvalue weighted by atomic mass is 17.1. The number of carbonyl (C=O) groups is 3. The molecule has 0 saturated heterocycles. The smallest absolute Gasteiger partial charge is 0.303 e. The molecule has 0 aliphatic heterocycles. The van der Waals surface area contributed by atoms with E-state index >= 15 is 0 Å². The highest BCUT2D eigenvalue weighted by Gasteiger charge is 2.00. The van der Waals surface area contributed by atoms with Crippen molar-refractivity contribution in [2.24, 2.45) is 0 Å². The summed E-state index contributed by atoms with van der Waals surface area (Å²) in [5, 5.41) is 43.1. The molecule has 1 atom stereocenters. The Hall–Kier alpha value is -5.99. The highest BCUT2D eigenvalue weighted by molar-refractivity contribution is 5.67. The molecule has 0 aromatic rings. The van der Waals surface area contributed by atoms with Crippen molar-refractivity contribution in [2.45, 2.75) is 219 Å². The van der Waals surface area contributed by atoms with Crippen LogP contribution in [0.4, 0.5) is 0 Å². The fourth-order valence-corrected chi connectivity index (χ4v) is 6.50. The Labute approximate surface area is 467 Å². The quantitative estimate of drug-likeness (QED) is 0.00752. The minimum atomic E-state index is -0.759. The first kappa shape index (κ1) is 75.2. The van der Waals surface area contributed by atoms with Crippen LogP contribution in [0.5, 0.6) is 0 Å². The van der Waals surface area contributed by atoms with Crippen LogP contribution in [0.2, 0.25) is 0 Å². The fraction of sp³-hybridized carbons (Fsp3) is 0.507. The maximum atomic E-state index is 10.4. The third-order valence-electron chi connectivity index (χ3n) is 10.7. The van der Waals surface area contributed by atoms with Gasteiger partial charge in [0.05, 0.1) is 0 Å². The Morgan fingerprint density at radius 3 is 1.36 bits per heavy atom. The molecular formula is C67H102O10. The predicted octanol–water partition coefficient (Wildman–Crippen LogP) is 19.4. The van der Waals surface area contributed by atoms with Gasteiger partial charge in [0, 0.05) is 38.5 Å². The lowest BCUT2D eigenvalue weighted by atomic mass is 10.1. The maximum absolute atomic E-state index is 10.4. The summed E-state index contributed by atoms with van der Waals surface area (Å²) in [6.07, 6.45) is 82.3. The van der Waals surface area contributed by atoms with Gasteiger partial charge in [-0.2, -0.15) is 0 Å². The summed E-state index contributed by atoms with van der Waals surface area (Å²) in [6.45, 7) is 6.30. The van der Waals surface area contributed by atoms with E-state index in [2.05, 4.69) is 146 Å². The van der Waals surface area contributed by atoms with Crippen molar-refractivity contribution in [1.82, 2.24) is 0 Å². The van der Waals surface area contributed by atoms with E-state index in [-0.39, 0.29) is 18.9 Å². The SMILES string of the molecule is CC/C=C\C/C(=C\CCCCCCC/C=C\CCCCCC(=O)O)OO.CC/C=C\C/C=C\C/C=C\C/C=C\C/C=C\CC#CCCCC(=O)O.CC/C=C\C[C@H](/C=C/C=C\C/C=C\C/C=C\C/C=C\CCC(=O)O)OO. The van der Waals surface area contributed by atoms with Crippen molar-refractivity contribution in [2.75, 3.05) is 0 Å². The van der Waals surface area contributed by atoms with E-state index in [9.17, 15) is 14.4 Å². The molecule has 5 N–H and O–H groups in total. The lowest BCUT2D eigenvalue weighted by Crippen LogP contribution is -2.04. The second-order valence-electron chi connectivity index (χ2n) is 17.8. The second-order valence-corrected chi connectivity index (χ2v) is 17.8. The van der Waals surface area contributed by atoms with Crippen LogP contribution in [-0.4, -0.2) is 49.8 Å². The van der Waals surface area contributed by atoms with E-state index in [4.69, 9.17) is 25.8 Å².